The van der Waals surface area contributed by atoms with Gasteiger partial charge in [0.1, 0.15) is 0 Å². The molecule has 0 saturated carbocycles. The first-order valence-corrected chi connectivity index (χ1v) is 3.19. The molecule has 0 aliphatic rings. The highest BCUT2D eigenvalue weighted by atomic mass is 16.5. The van der Waals surface area contributed by atoms with E-state index in [4.69, 9.17) is 10.2 Å². The quantitative estimate of drug-likeness (QED) is 0.429. The molecule has 0 spiro atoms. The maximum absolute atomic E-state index is 10.9. The summed E-state index contributed by atoms with van der Waals surface area (Å²) in [6, 6.07) is 0.950. The van der Waals surface area contributed by atoms with Crippen LogP contribution < -0.4 is 11.2 Å². The van der Waals surface area contributed by atoms with Gasteiger partial charge in [0.05, 0.1) is 5.69 Å². The number of aromatic nitrogens is 2. The lowest BCUT2D eigenvalue weighted by atomic mass is 10.4. The van der Waals surface area contributed by atoms with Crippen molar-refractivity contribution in [2.45, 2.75) is 6.29 Å². The monoisotopic (exact) mass is 172 g/mol. The molecule has 6 heteroatoms. The number of aromatic amines is 1. The van der Waals surface area contributed by atoms with E-state index in [0.717, 1.165) is 10.6 Å². The van der Waals surface area contributed by atoms with Gasteiger partial charge in [0, 0.05) is 13.1 Å². The Morgan fingerprint density at radius 2 is 2.08 bits per heavy atom. The SMILES string of the molecule is Cn1c(=O)cc(C(O)O)[nH]c1=O. The lowest BCUT2D eigenvalue weighted by molar-refractivity contribution is -0.0462. The zero-order valence-electron chi connectivity index (χ0n) is 6.31. The topological polar surface area (TPSA) is 95.3 Å². The van der Waals surface area contributed by atoms with Crippen molar-refractivity contribution in [3.05, 3.63) is 32.6 Å². The molecule has 0 unspecified atom stereocenters. The Morgan fingerprint density at radius 3 is 2.50 bits per heavy atom. The minimum atomic E-state index is -1.83. The highest BCUT2D eigenvalue weighted by Crippen LogP contribution is 1.98. The first kappa shape index (κ1) is 8.69. The van der Waals surface area contributed by atoms with Crippen molar-refractivity contribution in [1.29, 1.82) is 0 Å². The molecule has 0 amide bonds. The molecule has 1 aromatic heterocycles. The second kappa shape index (κ2) is 2.92. The molecule has 0 aliphatic carbocycles. The van der Waals surface area contributed by atoms with Crippen LogP contribution in [-0.4, -0.2) is 19.8 Å². The first-order valence-electron chi connectivity index (χ1n) is 3.19. The molecule has 0 saturated heterocycles. The van der Waals surface area contributed by atoms with Gasteiger partial charge in [0.2, 0.25) is 0 Å². The molecule has 12 heavy (non-hydrogen) atoms. The van der Waals surface area contributed by atoms with Crippen LogP contribution in [0.1, 0.15) is 12.0 Å². The van der Waals surface area contributed by atoms with Crippen molar-refractivity contribution in [3.63, 3.8) is 0 Å². The van der Waals surface area contributed by atoms with Crippen LogP contribution in [0.5, 0.6) is 0 Å². The van der Waals surface area contributed by atoms with Crippen LogP contribution in [0.2, 0.25) is 0 Å². The summed E-state index contributed by atoms with van der Waals surface area (Å²) in [5.74, 6) is 0. The minimum Gasteiger partial charge on any atom is -0.363 e. The highest BCUT2D eigenvalue weighted by molar-refractivity contribution is 5.00. The van der Waals surface area contributed by atoms with E-state index in [0.29, 0.717) is 0 Å². The summed E-state index contributed by atoms with van der Waals surface area (Å²) in [6.45, 7) is 0. The molecule has 0 fully saturated rings. The molecule has 0 aromatic carbocycles. The van der Waals surface area contributed by atoms with Crippen LogP contribution in [0.25, 0.3) is 0 Å². The van der Waals surface area contributed by atoms with Gasteiger partial charge in [-0.15, -0.1) is 0 Å². The number of rotatable bonds is 1. The van der Waals surface area contributed by atoms with Crippen LogP contribution in [0.3, 0.4) is 0 Å². The van der Waals surface area contributed by atoms with Crippen LogP contribution >= 0.6 is 0 Å². The fourth-order valence-corrected chi connectivity index (χ4v) is 0.712. The summed E-state index contributed by atoms with van der Waals surface area (Å²) in [6.07, 6.45) is -1.83. The lowest BCUT2D eigenvalue weighted by Crippen LogP contribution is -2.33. The molecule has 1 aromatic rings. The second-order valence-electron chi connectivity index (χ2n) is 2.30. The molecule has 1 rings (SSSR count). The standard InChI is InChI=1S/C6H8N2O4/c1-8-4(9)2-3(5(10)11)7-6(8)12/h2,5,10-11H,1H3,(H,7,12). The van der Waals surface area contributed by atoms with E-state index in [1.54, 1.807) is 0 Å². The van der Waals surface area contributed by atoms with Gasteiger partial charge in [-0.05, 0) is 0 Å². The summed E-state index contributed by atoms with van der Waals surface area (Å²) < 4.78 is 0.825. The van der Waals surface area contributed by atoms with Crippen molar-refractivity contribution in [2.75, 3.05) is 0 Å². The van der Waals surface area contributed by atoms with E-state index in [-0.39, 0.29) is 5.69 Å². The summed E-state index contributed by atoms with van der Waals surface area (Å²) >= 11 is 0. The van der Waals surface area contributed by atoms with E-state index < -0.39 is 17.5 Å². The van der Waals surface area contributed by atoms with Gasteiger partial charge in [-0.1, -0.05) is 0 Å². The van der Waals surface area contributed by atoms with Crippen molar-refractivity contribution in [2.24, 2.45) is 7.05 Å². The average Bonchev–Trinajstić information content (AvgIpc) is 1.99. The molecule has 0 atom stereocenters. The van der Waals surface area contributed by atoms with E-state index in [1.807, 2.05) is 0 Å². The van der Waals surface area contributed by atoms with Gasteiger partial charge in [0.15, 0.2) is 6.29 Å². The lowest BCUT2D eigenvalue weighted by Gasteiger charge is -2.02. The first-order chi connectivity index (χ1) is 5.52. The van der Waals surface area contributed by atoms with Gasteiger partial charge >= 0.3 is 5.69 Å². The van der Waals surface area contributed by atoms with Gasteiger partial charge < -0.3 is 15.2 Å². The molecular weight excluding hydrogens is 164 g/mol. The normalized spacial score (nSPS) is 10.7. The Bertz CT molecular complexity index is 358. The number of hydrogen-bond donors (Lipinski definition) is 3. The van der Waals surface area contributed by atoms with Gasteiger partial charge in [-0.3, -0.25) is 9.36 Å². The van der Waals surface area contributed by atoms with Crippen molar-refractivity contribution >= 4 is 0 Å². The third-order valence-electron chi connectivity index (χ3n) is 1.44. The molecule has 6 nitrogen and oxygen atoms in total. The fourth-order valence-electron chi connectivity index (χ4n) is 0.712. The molecule has 66 valence electrons. The van der Waals surface area contributed by atoms with E-state index in [2.05, 4.69) is 4.98 Å². The fraction of sp³-hybridized carbons (Fsp3) is 0.333. The van der Waals surface area contributed by atoms with Crippen LogP contribution in [-0.2, 0) is 7.05 Å². The molecule has 0 aliphatic heterocycles. The number of nitrogens with one attached hydrogen (secondary N) is 1. The molecule has 1 heterocycles. The summed E-state index contributed by atoms with van der Waals surface area (Å²) in [5, 5.41) is 17.2. The molecular formula is C6H8N2O4. The summed E-state index contributed by atoms with van der Waals surface area (Å²) in [7, 11) is 1.29. The molecule has 3 N–H and O–H groups in total. The zero-order chi connectivity index (χ0) is 9.30. The smallest absolute Gasteiger partial charge is 0.328 e. The predicted octanol–water partition coefficient (Wildman–Crippen LogP) is -1.94. The Morgan fingerprint density at radius 1 is 1.50 bits per heavy atom. The van der Waals surface area contributed by atoms with Crippen LogP contribution in [0.15, 0.2) is 15.7 Å². The minimum absolute atomic E-state index is 0.205. The van der Waals surface area contributed by atoms with E-state index >= 15 is 0 Å². The summed E-state index contributed by atoms with van der Waals surface area (Å²) in [4.78, 5) is 23.9. The van der Waals surface area contributed by atoms with E-state index in [1.165, 1.54) is 7.05 Å². The largest absolute Gasteiger partial charge is 0.363 e. The predicted molar refractivity (Wildman–Crippen MR) is 39.5 cm³/mol. The number of hydrogen-bond acceptors (Lipinski definition) is 4. The van der Waals surface area contributed by atoms with Crippen LogP contribution in [0.4, 0.5) is 0 Å². The zero-order valence-corrected chi connectivity index (χ0v) is 6.31. The Hall–Kier alpha value is -1.40. The number of H-pyrrole nitrogens is 1. The molecule has 0 bridgehead atoms. The highest BCUT2D eigenvalue weighted by Gasteiger charge is 2.05. The third kappa shape index (κ3) is 1.44. The Labute approximate surface area is 66.7 Å². The maximum Gasteiger partial charge on any atom is 0.328 e. The third-order valence-corrected chi connectivity index (χ3v) is 1.44. The Balaban J connectivity index is 3.42. The van der Waals surface area contributed by atoms with Gasteiger partial charge in [-0.25, -0.2) is 4.79 Å². The number of aliphatic hydroxyl groups is 2. The van der Waals surface area contributed by atoms with Crippen molar-refractivity contribution in [1.82, 2.24) is 9.55 Å². The number of aliphatic hydroxyl groups excluding tert-OH is 1. The average molecular weight is 172 g/mol. The second-order valence-corrected chi connectivity index (χ2v) is 2.30. The van der Waals surface area contributed by atoms with Gasteiger partial charge in [0.25, 0.3) is 5.56 Å². The van der Waals surface area contributed by atoms with Crippen LogP contribution in [0, 0.1) is 0 Å². The van der Waals surface area contributed by atoms with Crippen molar-refractivity contribution in [3.8, 4) is 0 Å². The number of nitrogens with zero attached hydrogens (tertiary/aromatic N) is 1. The maximum atomic E-state index is 10.9. The summed E-state index contributed by atoms with van der Waals surface area (Å²) in [5.41, 5.74) is -1.46. The van der Waals surface area contributed by atoms with Crippen molar-refractivity contribution < 1.29 is 10.2 Å². The van der Waals surface area contributed by atoms with E-state index in [9.17, 15) is 9.59 Å². The van der Waals surface area contributed by atoms with Gasteiger partial charge in [-0.2, -0.15) is 0 Å². The molecule has 0 radical (unpaired) electrons. The Kier molecular flexibility index (Phi) is 2.11.